The van der Waals surface area contributed by atoms with Crippen molar-refractivity contribution in [2.75, 3.05) is 0 Å². The number of aromatic nitrogens is 4. The predicted octanol–water partition coefficient (Wildman–Crippen LogP) is 2.29. The largest absolute Gasteiger partial charge is 0.286 e. The Bertz CT molecular complexity index is 789. The zero-order chi connectivity index (χ0) is 14.7. The van der Waals surface area contributed by atoms with Gasteiger partial charge in [-0.1, -0.05) is 0 Å². The van der Waals surface area contributed by atoms with E-state index in [2.05, 4.69) is 30.9 Å². The molecule has 0 unspecified atom stereocenters. The standard InChI is InChI=1S/C15H12BrN4O/c16-13(21)5-9-20-7-3-11(4-8-20)14-18-10-12-2-1-6-17-15(12)19-14/h1-4,6-8,10H,5,9H2/q+1. The summed E-state index contributed by atoms with van der Waals surface area (Å²) in [6.45, 7) is 0.643. The molecule has 0 saturated carbocycles. The number of pyridine rings is 2. The third kappa shape index (κ3) is 3.28. The lowest BCUT2D eigenvalue weighted by atomic mass is 10.2. The van der Waals surface area contributed by atoms with Crippen molar-refractivity contribution in [3.63, 3.8) is 0 Å². The van der Waals surface area contributed by atoms with E-state index in [1.54, 1.807) is 12.4 Å². The van der Waals surface area contributed by atoms with Crippen LogP contribution in [0.4, 0.5) is 0 Å². The molecule has 5 nitrogen and oxygen atoms in total. The highest BCUT2D eigenvalue weighted by Gasteiger charge is 2.07. The summed E-state index contributed by atoms with van der Waals surface area (Å²) in [5.41, 5.74) is 1.60. The fourth-order valence-electron chi connectivity index (χ4n) is 1.98. The van der Waals surface area contributed by atoms with E-state index in [9.17, 15) is 4.79 Å². The first-order valence-corrected chi connectivity index (χ1v) is 7.27. The minimum atomic E-state index is 0.00279. The van der Waals surface area contributed by atoms with E-state index in [4.69, 9.17) is 0 Å². The fraction of sp³-hybridized carbons (Fsp3) is 0.133. The molecule has 0 atom stereocenters. The van der Waals surface area contributed by atoms with Crippen LogP contribution in [0.3, 0.4) is 0 Å². The molecule has 6 heteroatoms. The molecule has 3 aromatic rings. The lowest BCUT2D eigenvalue weighted by Gasteiger charge is -2.01. The van der Waals surface area contributed by atoms with Gasteiger partial charge in [0, 0.05) is 35.5 Å². The molecule has 0 aromatic carbocycles. The molecule has 3 rings (SSSR count). The second-order valence-corrected chi connectivity index (χ2v) is 5.42. The molecule has 0 bridgehead atoms. The molecule has 21 heavy (non-hydrogen) atoms. The molecule has 3 aromatic heterocycles. The lowest BCUT2D eigenvalue weighted by molar-refractivity contribution is -0.695. The van der Waals surface area contributed by atoms with Crippen molar-refractivity contribution < 1.29 is 9.36 Å². The average Bonchev–Trinajstić information content (AvgIpc) is 2.53. The Labute approximate surface area is 129 Å². The van der Waals surface area contributed by atoms with Crippen LogP contribution in [0.2, 0.25) is 0 Å². The van der Waals surface area contributed by atoms with Crippen molar-refractivity contribution in [1.29, 1.82) is 0 Å². The summed E-state index contributed by atoms with van der Waals surface area (Å²) in [6, 6.07) is 7.66. The highest BCUT2D eigenvalue weighted by atomic mass is 79.9. The van der Waals surface area contributed by atoms with Gasteiger partial charge in [-0.05, 0) is 28.1 Å². The van der Waals surface area contributed by atoms with Gasteiger partial charge in [-0.3, -0.25) is 4.79 Å². The van der Waals surface area contributed by atoms with Gasteiger partial charge in [0.25, 0.3) is 0 Å². The summed E-state index contributed by atoms with van der Waals surface area (Å²) in [6.07, 6.45) is 7.78. The molecule has 0 spiro atoms. The Balaban J connectivity index is 1.86. The summed E-state index contributed by atoms with van der Waals surface area (Å²) in [5.74, 6) is 0.643. The van der Waals surface area contributed by atoms with Crippen molar-refractivity contribution >= 4 is 31.7 Å². The van der Waals surface area contributed by atoms with Crippen molar-refractivity contribution in [2.45, 2.75) is 13.0 Å². The maximum Gasteiger partial charge on any atom is 0.204 e. The van der Waals surface area contributed by atoms with Gasteiger partial charge in [0.2, 0.25) is 4.69 Å². The van der Waals surface area contributed by atoms with E-state index in [0.717, 1.165) is 10.9 Å². The first kappa shape index (κ1) is 13.8. The molecular weight excluding hydrogens is 332 g/mol. The maximum atomic E-state index is 10.9. The third-order valence-corrected chi connectivity index (χ3v) is 3.47. The molecule has 0 amide bonds. The smallest absolute Gasteiger partial charge is 0.204 e. The second kappa shape index (κ2) is 6.05. The van der Waals surface area contributed by atoms with Gasteiger partial charge >= 0.3 is 0 Å². The van der Waals surface area contributed by atoms with Crippen LogP contribution < -0.4 is 4.57 Å². The SMILES string of the molecule is O=C(Br)CC[n+]1ccc(-c2ncc3cccnc3n2)cc1. The zero-order valence-corrected chi connectivity index (χ0v) is 12.7. The van der Waals surface area contributed by atoms with E-state index in [1.165, 1.54) is 0 Å². The number of rotatable bonds is 4. The van der Waals surface area contributed by atoms with Crippen LogP contribution in [0.25, 0.3) is 22.4 Å². The second-order valence-electron chi connectivity index (χ2n) is 4.54. The molecule has 3 heterocycles. The van der Waals surface area contributed by atoms with E-state index < -0.39 is 0 Å². The third-order valence-electron chi connectivity index (χ3n) is 3.07. The van der Waals surface area contributed by atoms with E-state index in [-0.39, 0.29) is 4.69 Å². The van der Waals surface area contributed by atoms with Crippen molar-refractivity contribution in [1.82, 2.24) is 15.0 Å². The van der Waals surface area contributed by atoms with Gasteiger partial charge in [-0.25, -0.2) is 19.5 Å². The molecule has 0 fully saturated rings. The van der Waals surface area contributed by atoms with E-state index in [1.807, 2.05) is 41.2 Å². The topological polar surface area (TPSA) is 59.6 Å². The van der Waals surface area contributed by atoms with Crippen molar-refractivity contribution in [2.24, 2.45) is 0 Å². The fourth-order valence-corrected chi connectivity index (χ4v) is 2.15. The number of nitrogens with zero attached hydrogens (tertiary/aromatic N) is 4. The Morgan fingerprint density at radius 3 is 2.76 bits per heavy atom. The van der Waals surface area contributed by atoms with Crippen LogP contribution in [0.15, 0.2) is 49.1 Å². The molecular formula is C15H12BrN4O+. The monoisotopic (exact) mass is 343 g/mol. The highest BCUT2D eigenvalue weighted by molar-refractivity contribution is 9.18. The molecule has 0 saturated heterocycles. The van der Waals surface area contributed by atoms with Gasteiger partial charge in [-0.2, -0.15) is 0 Å². The normalized spacial score (nSPS) is 10.7. The summed E-state index contributed by atoms with van der Waals surface area (Å²) >= 11 is 2.93. The maximum absolute atomic E-state index is 10.9. The van der Waals surface area contributed by atoms with Gasteiger partial charge in [0.05, 0.1) is 6.42 Å². The average molecular weight is 344 g/mol. The van der Waals surface area contributed by atoms with Gasteiger partial charge in [0.15, 0.2) is 30.4 Å². The first-order valence-electron chi connectivity index (χ1n) is 6.48. The molecule has 0 aliphatic carbocycles. The Morgan fingerprint density at radius 2 is 2.00 bits per heavy atom. The number of hydrogen-bond donors (Lipinski definition) is 0. The number of halogens is 1. The van der Waals surface area contributed by atoms with Gasteiger partial charge in [0.1, 0.15) is 0 Å². The van der Waals surface area contributed by atoms with Crippen molar-refractivity contribution in [3.8, 4) is 11.4 Å². The Morgan fingerprint density at radius 1 is 1.19 bits per heavy atom. The number of fused-ring (bicyclic) bond motifs is 1. The summed E-state index contributed by atoms with van der Waals surface area (Å²) in [7, 11) is 0. The van der Waals surface area contributed by atoms with Crippen molar-refractivity contribution in [3.05, 3.63) is 49.1 Å². The molecule has 0 N–H and O–H groups in total. The van der Waals surface area contributed by atoms with Crippen LogP contribution in [-0.4, -0.2) is 19.6 Å². The van der Waals surface area contributed by atoms with Crippen LogP contribution in [0.5, 0.6) is 0 Å². The predicted molar refractivity (Wildman–Crippen MR) is 81.5 cm³/mol. The Hall–Kier alpha value is -2.21. The van der Waals surface area contributed by atoms with E-state index >= 15 is 0 Å². The minimum absolute atomic E-state index is 0.00279. The first-order chi connectivity index (χ1) is 10.2. The summed E-state index contributed by atoms with van der Waals surface area (Å²) in [5, 5.41) is 0.920. The van der Waals surface area contributed by atoms with E-state index in [0.29, 0.717) is 24.4 Å². The van der Waals surface area contributed by atoms with Crippen LogP contribution in [-0.2, 0) is 11.3 Å². The van der Waals surface area contributed by atoms with Crippen LogP contribution in [0, 0.1) is 0 Å². The number of carbonyl (C=O) groups is 1. The van der Waals surface area contributed by atoms with Gasteiger partial charge in [-0.15, -0.1) is 0 Å². The number of aryl methyl sites for hydroxylation is 1. The number of hydrogen-bond acceptors (Lipinski definition) is 4. The highest BCUT2D eigenvalue weighted by Crippen LogP contribution is 2.15. The molecule has 0 aliphatic rings. The zero-order valence-electron chi connectivity index (χ0n) is 11.1. The molecule has 104 valence electrons. The number of carbonyl (C=O) groups excluding carboxylic acids is 1. The molecule has 0 aliphatic heterocycles. The Kier molecular flexibility index (Phi) is 3.96. The summed E-state index contributed by atoms with van der Waals surface area (Å²) < 4.78 is 1.95. The quantitative estimate of drug-likeness (QED) is 0.538. The van der Waals surface area contributed by atoms with Gasteiger partial charge < -0.3 is 0 Å². The minimum Gasteiger partial charge on any atom is -0.286 e. The van der Waals surface area contributed by atoms with Crippen LogP contribution >= 0.6 is 15.9 Å². The molecule has 0 radical (unpaired) electrons. The lowest BCUT2D eigenvalue weighted by Crippen LogP contribution is -2.33. The van der Waals surface area contributed by atoms with Crippen LogP contribution in [0.1, 0.15) is 6.42 Å². The summed E-state index contributed by atoms with van der Waals surface area (Å²) in [4.78, 5) is 24.0.